The smallest absolute Gasteiger partial charge is 0.295 e. The van der Waals surface area contributed by atoms with Crippen LogP contribution in [-0.2, 0) is 14.3 Å². The lowest BCUT2D eigenvalue weighted by molar-refractivity contribution is -0.140. The molecule has 0 bridgehead atoms. The molecule has 1 aliphatic heterocycles. The van der Waals surface area contributed by atoms with E-state index in [4.69, 9.17) is 32.7 Å². The molecule has 0 spiro atoms. The topological polar surface area (TPSA) is 76.1 Å². The number of carbonyl (C=O) groups excluding carboxylic acids is 2. The number of ether oxygens (including phenoxy) is 2. The van der Waals surface area contributed by atoms with Crippen LogP contribution in [0.3, 0.4) is 0 Å². The van der Waals surface area contributed by atoms with Gasteiger partial charge in [-0.2, -0.15) is 0 Å². The summed E-state index contributed by atoms with van der Waals surface area (Å²) in [5.74, 6) is -1.56. The quantitative estimate of drug-likeness (QED) is 0.277. The lowest BCUT2D eigenvalue weighted by atomic mass is 9.94. The Hall–Kier alpha value is -2.54. The molecule has 164 valence electrons. The number of aliphatic hydroxyl groups excluding tert-OH is 1. The van der Waals surface area contributed by atoms with Crippen LogP contribution in [0.2, 0.25) is 10.0 Å². The van der Waals surface area contributed by atoms with Gasteiger partial charge in [0.15, 0.2) is 0 Å². The molecule has 6 nitrogen and oxygen atoms in total. The molecule has 1 fully saturated rings. The first-order chi connectivity index (χ1) is 14.8. The van der Waals surface area contributed by atoms with Crippen LogP contribution >= 0.6 is 23.2 Å². The number of hydrogen-bond donors (Lipinski definition) is 1. The average molecular weight is 464 g/mol. The van der Waals surface area contributed by atoms with Gasteiger partial charge in [-0.15, -0.1) is 0 Å². The molecule has 31 heavy (non-hydrogen) atoms. The van der Waals surface area contributed by atoms with E-state index in [2.05, 4.69) is 0 Å². The second-order valence-electron chi connectivity index (χ2n) is 7.22. The third-order valence-corrected chi connectivity index (χ3v) is 5.65. The average Bonchev–Trinajstić information content (AvgIpc) is 2.98. The lowest BCUT2D eigenvalue weighted by Crippen LogP contribution is -2.31. The van der Waals surface area contributed by atoms with Gasteiger partial charge < -0.3 is 19.5 Å². The molecule has 3 rings (SSSR count). The van der Waals surface area contributed by atoms with Crippen LogP contribution in [0.15, 0.2) is 42.0 Å². The molecule has 8 heteroatoms. The Morgan fingerprint density at radius 2 is 1.81 bits per heavy atom. The van der Waals surface area contributed by atoms with E-state index in [-0.39, 0.29) is 29.2 Å². The maximum absolute atomic E-state index is 13.0. The normalized spacial score (nSPS) is 18.0. The summed E-state index contributed by atoms with van der Waals surface area (Å²) in [5, 5.41) is 12.0. The number of aryl methyl sites for hydroxylation is 1. The number of Topliss-reactive ketones (excluding diaryl/α,β-unsaturated/α-hetero) is 1. The van der Waals surface area contributed by atoms with Gasteiger partial charge in [-0.25, -0.2) is 0 Å². The predicted molar refractivity (Wildman–Crippen MR) is 120 cm³/mol. The molecule has 0 aliphatic carbocycles. The van der Waals surface area contributed by atoms with Gasteiger partial charge in [0.2, 0.25) is 0 Å². The van der Waals surface area contributed by atoms with Crippen LogP contribution in [0.4, 0.5) is 0 Å². The van der Waals surface area contributed by atoms with Crippen molar-refractivity contribution in [1.82, 2.24) is 4.90 Å². The molecular weight excluding hydrogens is 441 g/mol. The van der Waals surface area contributed by atoms with E-state index in [9.17, 15) is 14.7 Å². The van der Waals surface area contributed by atoms with E-state index in [0.717, 1.165) is 5.56 Å². The van der Waals surface area contributed by atoms with Gasteiger partial charge in [0, 0.05) is 25.3 Å². The first-order valence-corrected chi connectivity index (χ1v) is 10.4. The Morgan fingerprint density at radius 1 is 1.13 bits per heavy atom. The second kappa shape index (κ2) is 9.73. The van der Waals surface area contributed by atoms with Crippen molar-refractivity contribution in [1.29, 1.82) is 0 Å². The van der Waals surface area contributed by atoms with Crippen molar-refractivity contribution in [2.45, 2.75) is 19.4 Å². The fraction of sp³-hybridized carbons (Fsp3) is 0.304. The SMILES string of the molecule is COCCCN1C(=O)C(=O)/C(=C(/O)c2cc(C)cc(Cl)c2OC)C1c1ccc(Cl)cc1. The van der Waals surface area contributed by atoms with Gasteiger partial charge in [-0.05, 0) is 48.7 Å². The number of hydrogen-bond acceptors (Lipinski definition) is 5. The van der Waals surface area contributed by atoms with Gasteiger partial charge in [0.25, 0.3) is 11.7 Å². The van der Waals surface area contributed by atoms with E-state index in [1.54, 1.807) is 43.5 Å². The first-order valence-electron chi connectivity index (χ1n) is 9.67. The number of benzene rings is 2. The summed E-state index contributed by atoms with van der Waals surface area (Å²) >= 11 is 12.3. The molecule has 1 atom stereocenters. The fourth-order valence-electron chi connectivity index (χ4n) is 3.74. The van der Waals surface area contributed by atoms with Crippen molar-refractivity contribution in [2.75, 3.05) is 27.4 Å². The third-order valence-electron chi connectivity index (χ3n) is 5.12. The molecule has 1 saturated heterocycles. The van der Waals surface area contributed by atoms with Crippen LogP contribution in [0.5, 0.6) is 5.75 Å². The van der Waals surface area contributed by atoms with Crippen molar-refractivity contribution >= 4 is 40.7 Å². The van der Waals surface area contributed by atoms with Gasteiger partial charge in [0.05, 0.1) is 29.3 Å². The van der Waals surface area contributed by atoms with Crippen LogP contribution < -0.4 is 4.74 Å². The number of halogens is 2. The van der Waals surface area contributed by atoms with Crippen molar-refractivity contribution in [3.8, 4) is 5.75 Å². The standard InChI is InChI=1S/C23H23Cl2NO5/c1-13-11-16(22(31-3)17(25)12-13)20(27)18-19(14-5-7-15(24)8-6-14)26(9-4-10-30-2)23(29)21(18)28/h5-8,11-12,19,27H,4,9-10H2,1-3H3/b20-18+. The molecule has 0 saturated carbocycles. The molecule has 0 aromatic heterocycles. The third kappa shape index (κ3) is 4.56. The Morgan fingerprint density at radius 3 is 2.42 bits per heavy atom. The minimum atomic E-state index is -0.780. The van der Waals surface area contributed by atoms with Crippen molar-refractivity contribution in [3.05, 3.63) is 68.7 Å². The van der Waals surface area contributed by atoms with Crippen molar-refractivity contribution in [2.24, 2.45) is 0 Å². The largest absolute Gasteiger partial charge is 0.507 e. The summed E-state index contributed by atoms with van der Waals surface area (Å²) in [6, 6.07) is 9.39. The Kier molecular flexibility index (Phi) is 7.26. The van der Waals surface area contributed by atoms with E-state index < -0.39 is 17.7 Å². The number of amides is 1. The summed E-state index contributed by atoms with van der Waals surface area (Å²) in [6.45, 7) is 2.52. The van der Waals surface area contributed by atoms with Gasteiger partial charge in [-0.1, -0.05) is 35.3 Å². The predicted octanol–water partition coefficient (Wildman–Crippen LogP) is 4.77. The molecule has 2 aromatic rings. The maximum atomic E-state index is 13.0. The summed E-state index contributed by atoms with van der Waals surface area (Å²) < 4.78 is 10.5. The fourth-order valence-corrected chi connectivity index (χ4v) is 4.22. The highest BCUT2D eigenvalue weighted by Crippen LogP contribution is 2.42. The van der Waals surface area contributed by atoms with Crippen LogP contribution in [0.25, 0.3) is 5.76 Å². The Labute approximate surface area is 191 Å². The van der Waals surface area contributed by atoms with E-state index in [1.807, 2.05) is 6.92 Å². The Balaban J connectivity index is 2.21. The Bertz CT molecular complexity index is 1030. The van der Waals surface area contributed by atoms with E-state index in [0.29, 0.717) is 28.6 Å². The van der Waals surface area contributed by atoms with Gasteiger partial charge >= 0.3 is 0 Å². The molecule has 1 unspecified atom stereocenters. The number of nitrogens with zero attached hydrogens (tertiary/aromatic N) is 1. The van der Waals surface area contributed by atoms with Crippen molar-refractivity contribution in [3.63, 3.8) is 0 Å². The van der Waals surface area contributed by atoms with Gasteiger partial charge in [0.1, 0.15) is 11.5 Å². The number of ketones is 1. The number of aliphatic hydroxyl groups is 1. The van der Waals surface area contributed by atoms with Crippen molar-refractivity contribution < 1.29 is 24.2 Å². The van der Waals surface area contributed by atoms with Gasteiger partial charge in [-0.3, -0.25) is 9.59 Å². The highest BCUT2D eigenvalue weighted by atomic mass is 35.5. The van der Waals surface area contributed by atoms with Crippen LogP contribution in [0.1, 0.15) is 29.2 Å². The summed E-state index contributed by atoms with van der Waals surface area (Å²) in [4.78, 5) is 27.4. The summed E-state index contributed by atoms with van der Waals surface area (Å²) in [6.07, 6.45) is 0.535. The molecule has 0 radical (unpaired) electrons. The summed E-state index contributed by atoms with van der Waals surface area (Å²) in [7, 11) is 2.99. The minimum Gasteiger partial charge on any atom is -0.507 e. The number of rotatable bonds is 7. The van der Waals surface area contributed by atoms with Crippen LogP contribution in [0, 0.1) is 6.92 Å². The highest BCUT2D eigenvalue weighted by Gasteiger charge is 2.46. The zero-order valence-electron chi connectivity index (χ0n) is 17.4. The molecule has 2 aromatic carbocycles. The molecule has 1 heterocycles. The van der Waals surface area contributed by atoms with Crippen LogP contribution in [-0.4, -0.2) is 49.1 Å². The molecular formula is C23H23Cl2NO5. The highest BCUT2D eigenvalue weighted by molar-refractivity contribution is 6.46. The number of carbonyl (C=O) groups is 2. The summed E-state index contributed by atoms with van der Waals surface area (Å²) in [5.41, 5.74) is 1.65. The molecule has 1 N–H and O–H groups in total. The number of methoxy groups -OCH3 is 2. The number of likely N-dealkylation sites (tertiary alicyclic amines) is 1. The zero-order chi connectivity index (χ0) is 22.7. The monoisotopic (exact) mass is 463 g/mol. The molecule has 1 amide bonds. The molecule has 1 aliphatic rings. The minimum absolute atomic E-state index is 0.0234. The van der Waals surface area contributed by atoms with E-state index in [1.165, 1.54) is 12.0 Å². The maximum Gasteiger partial charge on any atom is 0.295 e. The van der Waals surface area contributed by atoms with E-state index >= 15 is 0 Å². The first kappa shape index (κ1) is 23.1. The zero-order valence-corrected chi connectivity index (χ0v) is 19.0. The second-order valence-corrected chi connectivity index (χ2v) is 8.06. The lowest BCUT2D eigenvalue weighted by Gasteiger charge is -2.25.